The molecule has 0 aliphatic carbocycles. The van der Waals surface area contributed by atoms with Crippen LogP contribution in [0.5, 0.6) is 0 Å². The number of hydrogen-bond donors (Lipinski definition) is 2. The average Bonchev–Trinajstić information content (AvgIpc) is 1.63. The number of carboxylic acids is 2. The van der Waals surface area contributed by atoms with Gasteiger partial charge in [0, 0.05) is 12.1 Å². The quantitative estimate of drug-likeness (QED) is 0.487. The molecule has 4 nitrogen and oxygen atoms in total. The van der Waals surface area contributed by atoms with E-state index in [0.29, 0.717) is 6.08 Å². The van der Waals surface area contributed by atoms with Crippen molar-refractivity contribution in [1.29, 1.82) is 0 Å². The van der Waals surface area contributed by atoms with Gasteiger partial charge in [-0.05, 0) is 0 Å². The molecule has 0 aromatic heterocycles. The smallest absolute Gasteiger partial charge is 0.328 e. The first-order valence-electron chi connectivity index (χ1n) is 2.18. The van der Waals surface area contributed by atoms with E-state index in [1.165, 1.54) is 0 Å². The lowest BCUT2D eigenvalue weighted by atomic mass is 10.5. The summed E-state index contributed by atoms with van der Waals surface area (Å²) in [5.74, 6) is -2.97. The molecule has 0 spiro atoms. The average molecular weight is 117 g/mol. The lowest BCUT2D eigenvalue weighted by Crippen LogP contribution is -1.91. The SMILES string of the molecule is [2H]C(=CC(=O)O)C(=O)O. The summed E-state index contributed by atoms with van der Waals surface area (Å²) in [5.41, 5.74) is 0. The Morgan fingerprint density at radius 3 is 2.00 bits per heavy atom. The third-order valence-corrected chi connectivity index (χ3v) is 0.319. The van der Waals surface area contributed by atoms with E-state index < -0.39 is 18.0 Å². The van der Waals surface area contributed by atoms with Gasteiger partial charge in [0.1, 0.15) is 0 Å². The highest BCUT2D eigenvalue weighted by atomic mass is 16.4. The van der Waals surface area contributed by atoms with Crippen molar-refractivity contribution >= 4 is 11.9 Å². The predicted octanol–water partition coefficient (Wildman–Crippen LogP) is -0.288. The van der Waals surface area contributed by atoms with E-state index >= 15 is 0 Å². The molecule has 0 rings (SSSR count). The molecule has 0 aliphatic heterocycles. The number of carboxylic acid groups (broad SMARTS) is 2. The molecule has 8 heavy (non-hydrogen) atoms. The molecule has 0 fully saturated rings. The van der Waals surface area contributed by atoms with Crippen LogP contribution in [-0.2, 0) is 9.59 Å². The van der Waals surface area contributed by atoms with Crippen LogP contribution in [-0.4, -0.2) is 22.2 Å². The van der Waals surface area contributed by atoms with E-state index in [-0.39, 0.29) is 0 Å². The van der Waals surface area contributed by atoms with Gasteiger partial charge < -0.3 is 10.2 Å². The molecule has 0 atom stereocenters. The highest BCUT2D eigenvalue weighted by Gasteiger charge is 1.88. The van der Waals surface area contributed by atoms with Gasteiger partial charge in [0.15, 0.2) is 0 Å². The lowest BCUT2D eigenvalue weighted by Gasteiger charge is -1.74. The zero-order chi connectivity index (χ0) is 7.44. The van der Waals surface area contributed by atoms with Gasteiger partial charge in [0.25, 0.3) is 0 Å². The maximum atomic E-state index is 9.72. The molecule has 2 N–H and O–H groups in total. The fourth-order valence-corrected chi connectivity index (χ4v) is 0.123. The molecule has 44 valence electrons. The second-order valence-corrected chi connectivity index (χ2v) is 0.932. The summed E-state index contributed by atoms with van der Waals surface area (Å²) in [4.78, 5) is 19.4. The van der Waals surface area contributed by atoms with E-state index in [4.69, 9.17) is 11.6 Å². The van der Waals surface area contributed by atoms with Crippen molar-refractivity contribution in [3.63, 3.8) is 0 Å². The van der Waals surface area contributed by atoms with Crippen LogP contribution in [0, 0.1) is 0 Å². The van der Waals surface area contributed by atoms with E-state index in [1.54, 1.807) is 0 Å². The van der Waals surface area contributed by atoms with Gasteiger partial charge in [0.2, 0.25) is 0 Å². The normalized spacial score (nSPS) is 12.5. The number of carbonyl (C=O) groups is 2. The van der Waals surface area contributed by atoms with E-state index in [1.807, 2.05) is 0 Å². The molecule has 0 amide bonds. The number of hydrogen-bond acceptors (Lipinski definition) is 2. The van der Waals surface area contributed by atoms with Crippen LogP contribution in [0.4, 0.5) is 0 Å². The topological polar surface area (TPSA) is 74.6 Å². The van der Waals surface area contributed by atoms with Crippen molar-refractivity contribution in [1.82, 2.24) is 0 Å². The van der Waals surface area contributed by atoms with Gasteiger partial charge in [-0.2, -0.15) is 0 Å². The monoisotopic (exact) mass is 117 g/mol. The Morgan fingerprint density at radius 2 is 1.88 bits per heavy atom. The third-order valence-electron chi connectivity index (χ3n) is 0.319. The van der Waals surface area contributed by atoms with Crippen LogP contribution in [0.1, 0.15) is 1.37 Å². The van der Waals surface area contributed by atoms with Gasteiger partial charge in [-0.15, -0.1) is 0 Å². The Balaban J connectivity index is 4.17. The minimum Gasteiger partial charge on any atom is -0.478 e. The van der Waals surface area contributed by atoms with Crippen LogP contribution in [0.2, 0.25) is 0 Å². The Kier molecular flexibility index (Phi) is 1.68. The van der Waals surface area contributed by atoms with Crippen molar-refractivity contribution in [3.8, 4) is 0 Å². The highest BCUT2D eigenvalue weighted by Crippen LogP contribution is 1.70. The first-order chi connectivity index (χ1) is 4.04. The first kappa shape index (κ1) is 4.83. The summed E-state index contributed by atoms with van der Waals surface area (Å²) in [6.07, 6.45) is 0.308. The molecule has 0 radical (unpaired) electrons. The predicted molar refractivity (Wildman–Crippen MR) is 24.4 cm³/mol. The van der Waals surface area contributed by atoms with E-state index in [9.17, 15) is 9.59 Å². The van der Waals surface area contributed by atoms with Gasteiger partial charge in [-0.25, -0.2) is 9.59 Å². The van der Waals surface area contributed by atoms with Crippen molar-refractivity contribution in [2.75, 3.05) is 0 Å². The molecule has 0 aromatic rings. The van der Waals surface area contributed by atoms with Crippen LogP contribution in [0.3, 0.4) is 0 Å². The van der Waals surface area contributed by atoms with E-state index in [2.05, 4.69) is 0 Å². The van der Waals surface area contributed by atoms with Crippen LogP contribution >= 0.6 is 0 Å². The fraction of sp³-hybridized carbons (Fsp3) is 0. The Morgan fingerprint density at radius 1 is 1.38 bits per heavy atom. The van der Waals surface area contributed by atoms with Gasteiger partial charge >= 0.3 is 11.9 Å². The summed E-state index contributed by atoms with van der Waals surface area (Å²) in [5, 5.41) is 15.8. The van der Waals surface area contributed by atoms with Crippen LogP contribution in [0.25, 0.3) is 0 Å². The molecule has 0 aliphatic rings. The summed E-state index contributed by atoms with van der Waals surface area (Å²) in [6.45, 7) is 0. The molecule has 0 bridgehead atoms. The second-order valence-electron chi connectivity index (χ2n) is 0.932. The second kappa shape index (κ2) is 2.79. The highest BCUT2D eigenvalue weighted by molar-refractivity contribution is 5.89. The Bertz CT molecular complexity index is 171. The van der Waals surface area contributed by atoms with Gasteiger partial charge in [-0.3, -0.25) is 0 Å². The summed E-state index contributed by atoms with van der Waals surface area (Å²) in [6, 6.07) is -0.928. The Hall–Kier alpha value is -1.32. The maximum Gasteiger partial charge on any atom is 0.328 e. The van der Waals surface area contributed by atoms with Crippen molar-refractivity contribution < 1.29 is 21.2 Å². The minimum absolute atomic E-state index is 0.308. The summed E-state index contributed by atoms with van der Waals surface area (Å²) in [7, 11) is 0. The van der Waals surface area contributed by atoms with Crippen molar-refractivity contribution in [2.45, 2.75) is 0 Å². The van der Waals surface area contributed by atoms with E-state index in [0.717, 1.165) is 0 Å². The molecule has 0 saturated heterocycles. The summed E-state index contributed by atoms with van der Waals surface area (Å²) < 4.78 is 6.44. The zero-order valence-corrected chi connectivity index (χ0v) is 3.79. The molecular weight excluding hydrogens is 112 g/mol. The molecule has 4 heteroatoms. The largest absolute Gasteiger partial charge is 0.478 e. The maximum absolute atomic E-state index is 9.72. The fourth-order valence-electron chi connectivity index (χ4n) is 0.123. The number of aliphatic carboxylic acids is 2. The Labute approximate surface area is 46.5 Å². The van der Waals surface area contributed by atoms with Crippen molar-refractivity contribution in [3.05, 3.63) is 12.1 Å². The molecule has 0 heterocycles. The lowest BCUT2D eigenvalue weighted by molar-refractivity contribution is -0.134. The molecule has 0 aromatic carbocycles. The number of rotatable bonds is 2. The van der Waals surface area contributed by atoms with Crippen LogP contribution < -0.4 is 0 Å². The van der Waals surface area contributed by atoms with Gasteiger partial charge in [0.05, 0.1) is 1.37 Å². The molecular formula is C4H4O4. The third kappa shape index (κ3) is 4.68. The minimum atomic E-state index is -1.54. The van der Waals surface area contributed by atoms with Crippen LogP contribution in [0.15, 0.2) is 12.1 Å². The molecule has 0 unspecified atom stereocenters. The van der Waals surface area contributed by atoms with Gasteiger partial charge in [-0.1, -0.05) is 0 Å². The first-order valence-corrected chi connectivity index (χ1v) is 1.68. The molecule has 0 saturated carbocycles. The standard InChI is InChI=1S/C4H4O4/c5-3(6)1-2-4(7)8/h1-2H,(H,5,6)(H,7,8)/i1D. The summed E-state index contributed by atoms with van der Waals surface area (Å²) >= 11 is 0. The zero-order valence-electron chi connectivity index (χ0n) is 4.79. The van der Waals surface area contributed by atoms with Crippen molar-refractivity contribution in [2.24, 2.45) is 0 Å².